The van der Waals surface area contributed by atoms with E-state index in [1.165, 1.54) is 5.56 Å². The van der Waals surface area contributed by atoms with Crippen LogP contribution in [0.25, 0.3) is 0 Å². The van der Waals surface area contributed by atoms with Crippen LogP contribution >= 0.6 is 0 Å². The third-order valence-electron chi connectivity index (χ3n) is 6.35. The number of aromatic nitrogens is 1. The minimum Gasteiger partial charge on any atom is -0.387 e. The summed E-state index contributed by atoms with van der Waals surface area (Å²) in [6, 6.07) is 12.2. The number of halogens is 1. The van der Waals surface area contributed by atoms with E-state index in [1.807, 2.05) is 18.2 Å². The van der Waals surface area contributed by atoms with Gasteiger partial charge in [-0.05, 0) is 67.8 Å². The maximum atomic E-state index is 15.0. The minimum absolute atomic E-state index is 0.00984. The fourth-order valence-electron chi connectivity index (χ4n) is 4.88. The fourth-order valence-corrected chi connectivity index (χ4v) is 4.88. The predicted molar refractivity (Wildman–Crippen MR) is 105 cm³/mol. The molecule has 4 atom stereocenters. The highest BCUT2D eigenvalue weighted by Gasteiger charge is 2.33. The molecule has 0 bridgehead atoms. The molecule has 4 heteroatoms. The van der Waals surface area contributed by atoms with Crippen molar-refractivity contribution >= 4 is 0 Å². The average molecular weight is 368 g/mol. The van der Waals surface area contributed by atoms with Crippen LogP contribution in [-0.4, -0.2) is 40.8 Å². The Balaban J connectivity index is 1.37. The molecule has 1 aliphatic heterocycles. The summed E-state index contributed by atoms with van der Waals surface area (Å²) in [5.41, 5.74) is 4.35. The molecule has 2 aromatic rings. The quantitative estimate of drug-likeness (QED) is 0.825. The van der Waals surface area contributed by atoms with Gasteiger partial charge in [0.2, 0.25) is 0 Å². The molecule has 1 fully saturated rings. The van der Waals surface area contributed by atoms with E-state index >= 15 is 0 Å². The van der Waals surface area contributed by atoms with Crippen molar-refractivity contribution in [1.82, 2.24) is 9.88 Å². The number of alkyl halides is 1. The van der Waals surface area contributed by atoms with Crippen molar-refractivity contribution in [2.45, 2.75) is 50.8 Å². The summed E-state index contributed by atoms with van der Waals surface area (Å²) >= 11 is 0. The summed E-state index contributed by atoms with van der Waals surface area (Å²) in [6.07, 6.45) is 4.00. The Labute approximate surface area is 161 Å². The summed E-state index contributed by atoms with van der Waals surface area (Å²) in [6.45, 7) is 4.37. The number of benzene rings is 1. The van der Waals surface area contributed by atoms with Crippen molar-refractivity contribution in [3.05, 3.63) is 65.0 Å². The van der Waals surface area contributed by atoms with Crippen LogP contribution in [0.2, 0.25) is 0 Å². The van der Waals surface area contributed by atoms with E-state index in [0.29, 0.717) is 12.5 Å². The molecular weight excluding hydrogens is 339 g/mol. The molecule has 2 aliphatic rings. The number of aliphatic hydroxyl groups is 1. The maximum absolute atomic E-state index is 15.0. The number of nitrogens with zero attached hydrogens (tertiary/aromatic N) is 2. The van der Waals surface area contributed by atoms with Gasteiger partial charge < -0.3 is 10.0 Å². The van der Waals surface area contributed by atoms with Gasteiger partial charge in [-0.3, -0.25) is 4.98 Å². The average Bonchev–Trinajstić information content (AvgIpc) is 2.82. The van der Waals surface area contributed by atoms with Gasteiger partial charge in [0.1, 0.15) is 6.17 Å². The minimum atomic E-state index is -0.825. The largest absolute Gasteiger partial charge is 0.387 e. The smallest absolute Gasteiger partial charge is 0.120 e. The van der Waals surface area contributed by atoms with Gasteiger partial charge in [0.05, 0.1) is 11.8 Å². The predicted octanol–water partition coefficient (Wildman–Crippen LogP) is 4.20. The summed E-state index contributed by atoms with van der Waals surface area (Å²) in [4.78, 5) is 6.65. The molecule has 2 unspecified atom stereocenters. The molecule has 1 saturated heterocycles. The molecule has 2 heterocycles. The van der Waals surface area contributed by atoms with Crippen molar-refractivity contribution in [3.8, 4) is 0 Å². The van der Waals surface area contributed by atoms with Crippen molar-refractivity contribution < 1.29 is 9.50 Å². The van der Waals surface area contributed by atoms with Crippen molar-refractivity contribution in [3.63, 3.8) is 0 Å². The number of pyridine rings is 1. The summed E-state index contributed by atoms with van der Waals surface area (Å²) < 4.78 is 15.0. The number of aryl methyl sites for hydroxylation is 2. The third-order valence-corrected chi connectivity index (χ3v) is 6.35. The Morgan fingerprint density at radius 3 is 2.85 bits per heavy atom. The number of likely N-dealkylation sites (tertiary alicyclic amines) is 1. The highest BCUT2D eigenvalue weighted by atomic mass is 19.1. The molecule has 1 aromatic carbocycles. The third kappa shape index (κ3) is 4.07. The zero-order valence-electron chi connectivity index (χ0n) is 16.0. The van der Waals surface area contributed by atoms with Crippen LogP contribution in [0, 0.1) is 12.8 Å². The van der Waals surface area contributed by atoms with Crippen LogP contribution in [0.15, 0.2) is 42.6 Å². The first-order valence-electron chi connectivity index (χ1n) is 10.2. The van der Waals surface area contributed by atoms with Crippen molar-refractivity contribution in [2.75, 3.05) is 19.6 Å². The van der Waals surface area contributed by atoms with Gasteiger partial charge in [-0.15, -0.1) is 0 Å². The highest BCUT2D eigenvalue weighted by Crippen LogP contribution is 2.35. The van der Waals surface area contributed by atoms with Gasteiger partial charge in [0.25, 0.3) is 0 Å². The number of hydrogen-bond donors (Lipinski definition) is 1. The molecule has 0 spiro atoms. The first-order valence-corrected chi connectivity index (χ1v) is 10.2. The van der Waals surface area contributed by atoms with E-state index < -0.39 is 12.3 Å². The monoisotopic (exact) mass is 368 g/mol. The molecule has 1 N–H and O–H groups in total. The van der Waals surface area contributed by atoms with Gasteiger partial charge in [-0.25, -0.2) is 4.39 Å². The lowest BCUT2D eigenvalue weighted by Crippen LogP contribution is -2.43. The number of piperidine rings is 1. The van der Waals surface area contributed by atoms with Crippen molar-refractivity contribution in [1.29, 1.82) is 0 Å². The molecule has 0 amide bonds. The van der Waals surface area contributed by atoms with E-state index in [-0.39, 0.29) is 5.92 Å². The van der Waals surface area contributed by atoms with E-state index in [9.17, 15) is 9.50 Å². The summed E-state index contributed by atoms with van der Waals surface area (Å²) in [7, 11) is 0. The first-order chi connectivity index (χ1) is 13.1. The van der Waals surface area contributed by atoms with Gasteiger partial charge in [-0.2, -0.15) is 0 Å². The molecule has 0 radical (unpaired) electrons. The number of rotatable bonds is 3. The van der Waals surface area contributed by atoms with Crippen LogP contribution in [0.3, 0.4) is 0 Å². The Bertz CT molecular complexity index is 780. The van der Waals surface area contributed by atoms with Gasteiger partial charge in [0.15, 0.2) is 0 Å². The lowest BCUT2D eigenvalue weighted by Gasteiger charge is -2.37. The lowest BCUT2D eigenvalue weighted by atomic mass is 9.85. The van der Waals surface area contributed by atoms with Gasteiger partial charge in [-0.1, -0.05) is 30.3 Å². The second-order valence-corrected chi connectivity index (χ2v) is 8.23. The number of hydrogen-bond acceptors (Lipinski definition) is 3. The molecule has 27 heavy (non-hydrogen) atoms. The highest BCUT2D eigenvalue weighted by molar-refractivity contribution is 5.30. The molecule has 3 nitrogen and oxygen atoms in total. The van der Waals surface area contributed by atoms with Gasteiger partial charge in [0, 0.05) is 25.2 Å². The van der Waals surface area contributed by atoms with Crippen LogP contribution in [0.1, 0.15) is 53.7 Å². The van der Waals surface area contributed by atoms with E-state index in [1.54, 1.807) is 6.20 Å². The van der Waals surface area contributed by atoms with E-state index in [4.69, 9.17) is 0 Å². The van der Waals surface area contributed by atoms with Crippen molar-refractivity contribution in [2.24, 2.45) is 5.92 Å². The summed E-state index contributed by atoms with van der Waals surface area (Å²) in [5, 5.41) is 10.6. The SMILES string of the molecule is Cc1ccccc1C1CCN(C[C@@H]2CCc3cccnc3[C@@H](O)C2)CC1F. The standard InChI is InChI=1S/C23H29FN2O/c1-16-5-2-3-7-19(16)20-10-12-26(15-21(20)24)14-17-8-9-18-6-4-11-25-23(18)22(27)13-17/h2-7,11,17,20-22,27H,8-10,12-15H2,1H3/t17-,20?,21?,22+/m1/s1. The molecule has 1 aromatic heterocycles. The molecule has 1 aliphatic carbocycles. The van der Waals surface area contributed by atoms with Crippen LogP contribution in [0.4, 0.5) is 4.39 Å². The summed E-state index contributed by atoms with van der Waals surface area (Å²) in [5.74, 6) is 0.395. The Kier molecular flexibility index (Phi) is 5.55. The zero-order valence-corrected chi connectivity index (χ0v) is 16.0. The lowest BCUT2D eigenvalue weighted by molar-refractivity contribution is 0.0827. The molecule has 0 saturated carbocycles. The van der Waals surface area contributed by atoms with Crippen LogP contribution in [0.5, 0.6) is 0 Å². The second kappa shape index (κ2) is 8.07. The Morgan fingerprint density at radius 1 is 1.19 bits per heavy atom. The Morgan fingerprint density at radius 2 is 2.04 bits per heavy atom. The normalized spacial score (nSPS) is 29.1. The molecular formula is C23H29FN2O. The zero-order chi connectivity index (χ0) is 18.8. The molecule has 4 rings (SSSR count). The molecule has 144 valence electrons. The number of fused-ring (bicyclic) bond motifs is 1. The fraction of sp³-hybridized carbons (Fsp3) is 0.522. The first kappa shape index (κ1) is 18.6. The Hall–Kier alpha value is -1.78. The number of aliphatic hydroxyl groups excluding tert-OH is 1. The van der Waals surface area contributed by atoms with Crippen LogP contribution in [-0.2, 0) is 6.42 Å². The van der Waals surface area contributed by atoms with E-state index in [0.717, 1.165) is 55.6 Å². The topological polar surface area (TPSA) is 36.4 Å². The van der Waals surface area contributed by atoms with Crippen LogP contribution < -0.4 is 0 Å². The van der Waals surface area contributed by atoms with Gasteiger partial charge >= 0.3 is 0 Å². The van der Waals surface area contributed by atoms with E-state index in [2.05, 4.69) is 35.0 Å². The second-order valence-electron chi connectivity index (χ2n) is 8.23. The maximum Gasteiger partial charge on any atom is 0.120 e.